The predicted octanol–water partition coefficient (Wildman–Crippen LogP) is 2.24. The molecule has 1 unspecified atom stereocenters. The Hall–Kier alpha value is -3.34. The Morgan fingerprint density at radius 2 is 1.90 bits per heavy atom. The summed E-state index contributed by atoms with van der Waals surface area (Å²) in [5.41, 5.74) is 0.330. The summed E-state index contributed by atoms with van der Waals surface area (Å²) in [6.45, 7) is -0.319. The van der Waals surface area contributed by atoms with E-state index >= 15 is 4.39 Å². The Kier molecular flexibility index (Phi) is 4.74. The summed E-state index contributed by atoms with van der Waals surface area (Å²) in [6, 6.07) is 5.61. The second-order valence-electron chi connectivity index (χ2n) is 6.31. The molecule has 1 aliphatic rings. The summed E-state index contributed by atoms with van der Waals surface area (Å²) in [5, 5.41) is 14.1. The number of aromatic nitrogens is 2. The Morgan fingerprint density at radius 3 is 2.55 bits per heavy atom. The molecular formula is C18H13F3N4O3S. The topological polar surface area (TPSA) is 87.5 Å². The number of anilines is 1. The fraction of sp³-hybridized carbons (Fsp3) is 0.111. The number of carbonyl (C=O) groups excluding carboxylic acids is 1. The second kappa shape index (κ2) is 7.24. The molecule has 1 aliphatic heterocycles. The number of phenols is 1. The molecule has 1 saturated heterocycles. The number of hydrogen-bond donors (Lipinski definition) is 2. The third-order valence-corrected chi connectivity index (χ3v) is 5.36. The molecule has 1 atom stereocenters. The highest BCUT2D eigenvalue weighted by molar-refractivity contribution is 7.85. The molecule has 0 spiro atoms. The van der Waals surface area contributed by atoms with E-state index in [4.69, 9.17) is 0 Å². The third kappa shape index (κ3) is 3.68. The van der Waals surface area contributed by atoms with E-state index in [1.54, 1.807) is 0 Å². The summed E-state index contributed by atoms with van der Waals surface area (Å²) in [7, 11) is 0. The lowest BCUT2D eigenvalue weighted by molar-refractivity contribution is -0.117. The van der Waals surface area contributed by atoms with Crippen LogP contribution in [-0.4, -0.2) is 31.5 Å². The molecule has 3 aromatic rings. The van der Waals surface area contributed by atoms with Crippen molar-refractivity contribution in [2.75, 3.05) is 10.8 Å². The van der Waals surface area contributed by atoms with Crippen LogP contribution < -0.4 is 9.03 Å². The number of nitrogens with one attached hydrogen (secondary N) is 1. The van der Waals surface area contributed by atoms with E-state index in [9.17, 15) is 22.9 Å². The van der Waals surface area contributed by atoms with Gasteiger partial charge in [0, 0.05) is 23.4 Å². The Morgan fingerprint density at radius 1 is 1.17 bits per heavy atom. The molecule has 1 aromatic heterocycles. The highest BCUT2D eigenvalue weighted by Gasteiger charge is 2.32. The first-order valence-corrected chi connectivity index (χ1v) is 9.40. The van der Waals surface area contributed by atoms with Gasteiger partial charge in [0.2, 0.25) is 11.2 Å². The highest BCUT2D eigenvalue weighted by Crippen LogP contribution is 2.38. The average molecular weight is 422 g/mol. The quantitative estimate of drug-likeness (QED) is 0.675. The molecule has 29 heavy (non-hydrogen) atoms. The lowest BCUT2D eigenvalue weighted by Gasteiger charge is -2.17. The van der Waals surface area contributed by atoms with E-state index < -0.39 is 40.3 Å². The lowest BCUT2D eigenvalue weighted by Crippen LogP contribution is -2.23. The van der Waals surface area contributed by atoms with Gasteiger partial charge in [0.25, 0.3) is 5.91 Å². The van der Waals surface area contributed by atoms with Crippen LogP contribution in [0.15, 0.2) is 42.7 Å². The second-order valence-corrected chi connectivity index (χ2v) is 7.45. The molecule has 7 nitrogen and oxygen atoms in total. The molecule has 0 bridgehead atoms. The number of carbonyl (C=O) groups is 1. The van der Waals surface area contributed by atoms with E-state index in [2.05, 4.69) is 9.82 Å². The zero-order valence-corrected chi connectivity index (χ0v) is 15.4. The SMILES string of the molecule is O=C1CN(c2c(O)ccc(-c3cnn(Cc4cc(F)cc(F)c4)c3)c2F)S(=O)N1. The van der Waals surface area contributed by atoms with Crippen LogP contribution in [0, 0.1) is 17.5 Å². The maximum absolute atomic E-state index is 15.1. The molecule has 1 fully saturated rings. The largest absolute Gasteiger partial charge is 0.506 e. The maximum Gasteiger partial charge on any atom is 0.253 e. The summed E-state index contributed by atoms with van der Waals surface area (Å²) in [6.07, 6.45) is 2.81. The van der Waals surface area contributed by atoms with Crippen LogP contribution in [-0.2, 0) is 22.5 Å². The Labute approximate surface area is 165 Å². The molecule has 1 amide bonds. The molecule has 11 heteroatoms. The first-order valence-electron chi connectivity index (χ1n) is 8.30. The normalized spacial score (nSPS) is 16.3. The molecule has 0 radical (unpaired) electrons. The zero-order chi connectivity index (χ0) is 20.7. The van der Waals surface area contributed by atoms with Gasteiger partial charge in [-0.25, -0.2) is 17.4 Å². The van der Waals surface area contributed by atoms with Crippen molar-refractivity contribution in [2.45, 2.75) is 6.54 Å². The van der Waals surface area contributed by atoms with Crippen molar-refractivity contribution in [3.8, 4) is 16.9 Å². The van der Waals surface area contributed by atoms with Crippen molar-refractivity contribution in [1.29, 1.82) is 0 Å². The number of halogens is 3. The minimum Gasteiger partial charge on any atom is -0.506 e. The molecule has 2 heterocycles. The van der Waals surface area contributed by atoms with Crippen LogP contribution >= 0.6 is 0 Å². The maximum atomic E-state index is 15.1. The van der Waals surface area contributed by atoms with Crippen LogP contribution in [0.1, 0.15) is 5.56 Å². The number of benzene rings is 2. The number of amides is 1. The van der Waals surface area contributed by atoms with Gasteiger partial charge in [-0.15, -0.1) is 0 Å². The third-order valence-electron chi connectivity index (χ3n) is 4.24. The number of rotatable bonds is 4. The van der Waals surface area contributed by atoms with Gasteiger partial charge in [-0.05, 0) is 29.8 Å². The van der Waals surface area contributed by atoms with Crippen molar-refractivity contribution >= 4 is 22.8 Å². The molecule has 150 valence electrons. The van der Waals surface area contributed by atoms with Crippen molar-refractivity contribution < 1.29 is 27.3 Å². The van der Waals surface area contributed by atoms with Crippen LogP contribution in [0.2, 0.25) is 0 Å². The van der Waals surface area contributed by atoms with Gasteiger partial charge in [0.05, 0.1) is 12.7 Å². The summed E-state index contributed by atoms with van der Waals surface area (Å²) < 4.78 is 58.1. The molecular weight excluding hydrogens is 409 g/mol. The summed E-state index contributed by atoms with van der Waals surface area (Å²) >= 11 is -2.01. The number of hydrogen-bond acceptors (Lipinski definition) is 4. The van der Waals surface area contributed by atoms with Crippen LogP contribution in [0.4, 0.5) is 18.9 Å². The molecule has 0 aliphatic carbocycles. The monoisotopic (exact) mass is 422 g/mol. The first kappa shape index (κ1) is 19.0. The van der Waals surface area contributed by atoms with Gasteiger partial charge in [0.1, 0.15) is 29.6 Å². The van der Waals surface area contributed by atoms with Crippen molar-refractivity contribution in [2.24, 2.45) is 0 Å². The smallest absolute Gasteiger partial charge is 0.253 e. The van der Waals surface area contributed by atoms with Crippen molar-refractivity contribution in [3.63, 3.8) is 0 Å². The van der Waals surface area contributed by atoms with Gasteiger partial charge >= 0.3 is 0 Å². The van der Waals surface area contributed by atoms with E-state index in [1.165, 1.54) is 29.2 Å². The summed E-state index contributed by atoms with van der Waals surface area (Å²) in [4.78, 5) is 11.4. The van der Waals surface area contributed by atoms with Crippen LogP contribution in [0.5, 0.6) is 5.75 Å². The van der Waals surface area contributed by atoms with Gasteiger partial charge in [-0.2, -0.15) is 5.10 Å². The minimum absolute atomic E-state index is 0.0471. The van der Waals surface area contributed by atoms with Gasteiger partial charge in [-0.3, -0.25) is 18.5 Å². The molecule has 2 aromatic carbocycles. The fourth-order valence-corrected chi connectivity index (χ4v) is 3.97. The lowest BCUT2D eigenvalue weighted by atomic mass is 10.1. The zero-order valence-electron chi connectivity index (χ0n) is 14.6. The van der Waals surface area contributed by atoms with Crippen LogP contribution in [0.25, 0.3) is 11.1 Å². The van der Waals surface area contributed by atoms with Gasteiger partial charge in [-0.1, -0.05) is 0 Å². The van der Waals surface area contributed by atoms with E-state index in [0.29, 0.717) is 11.1 Å². The van der Waals surface area contributed by atoms with Crippen molar-refractivity contribution in [3.05, 3.63) is 65.7 Å². The van der Waals surface area contributed by atoms with E-state index in [-0.39, 0.29) is 24.3 Å². The van der Waals surface area contributed by atoms with Gasteiger partial charge in [0.15, 0.2) is 5.82 Å². The van der Waals surface area contributed by atoms with Gasteiger partial charge < -0.3 is 5.11 Å². The number of phenolic OH excluding ortho intramolecular Hbond substituents is 1. The minimum atomic E-state index is -2.01. The molecule has 4 rings (SSSR count). The average Bonchev–Trinajstić information content (AvgIpc) is 3.20. The fourth-order valence-electron chi connectivity index (χ4n) is 3.03. The summed E-state index contributed by atoms with van der Waals surface area (Å²) in [5.74, 6) is -3.36. The predicted molar refractivity (Wildman–Crippen MR) is 98.4 cm³/mol. The molecule has 0 saturated carbocycles. The molecule has 2 N–H and O–H groups in total. The van der Waals surface area contributed by atoms with E-state index in [0.717, 1.165) is 22.5 Å². The van der Waals surface area contributed by atoms with E-state index in [1.807, 2.05) is 0 Å². The first-order chi connectivity index (χ1) is 13.8. The Balaban J connectivity index is 1.67. The Bertz CT molecular complexity index is 1130. The van der Waals surface area contributed by atoms with Crippen molar-refractivity contribution in [1.82, 2.24) is 14.5 Å². The van der Waals surface area contributed by atoms with Crippen LogP contribution in [0.3, 0.4) is 0 Å². The highest BCUT2D eigenvalue weighted by atomic mass is 32.2. The standard InChI is InChI=1S/C18H13F3N4O3S/c19-12-3-10(4-13(20)5-12)7-24-8-11(6-22-24)14-1-2-15(26)18(17(14)21)25-9-16(27)23-29(25)28/h1-6,8,26H,7,9H2,(H,23,27). The number of nitrogens with zero attached hydrogens (tertiary/aromatic N) is 3. The number of aromatic hydroxyl groups is 1.